The number of hydrogen-bond donors (Lipinski definition) is 1. The lowest BCUT2D eigenvalue weighted by Gasteiger charge is -2.38. The molecule has 2 fully saturated rings. The monoisotopic (exact) mass is 509 g/mol. The zero-order valence-corrected chi connectivity index (χ0v) is 22.2. The molecule has 1 spiro atoms. The van der Waals surface area contributed by atoms with Gasteiger partial charge in [0, 0.05) is 19.6 Å². The van der Waals surface area contributed by atoms with Crippen molar-refractivity contribution in [1.82, 2.24) is 15.1 Å². The average molecular weight is 510 g/mol. The highest BCUT2D eigenvalue weighted by Gasteiger charge is 2.47. The van der Waals surface area contributed by atoms with Crippen molar-refractivity contribution < 1.29 is 23.8 Å². The van der Waals surface area contributed by atoms with Crippen molar-refractivity contribution in [3.63, 3.8) is 0 Å². The number of nitrogens with one attached hydrogen (secondary N) is 1. The number of hydrogen-bond acceptors (Lipinski definition) is 6. The SMILES string of the molecule is CCOC(=O)NC(CCN1CCC2(CC1)CCN(Cc1ccc(OC)cc1)C2=O)c1cccc(OC)c1. The van der Waals surface area contributed by atoms with E-state index < -0.39 is 6.09 Å². The van der Waals surface area contributed by atoms with Crippen molar-refractivity contribution in [2.24, 2.45) is 5.41 Å². The van der Waals surface area contributed by atoms with Crippen LogP contribution >= 0.6 is 0 Å². The van der Waals surface area contributed by atoms with Crippen LogP contribution in [0.1, 0.15) is 49.8 Å². The molecule has 2 saturated heterocycles. The lowest BCUT2D eigenvalue weighted by Crippen LogP contribution is -2.45. The topological polar surface area (TPSA) is 80.3 Å². The molecule has 0 bridgehead atoms. The van der Waals surface area contributed by atoms with Crippen LogP contribution in [0.25, 0.3) is 0 Å². The molecule has 0 saturated carbocycles. The summed E-state index contributed by atoms with van der Waals surface area (Å²) >= 11 is 0. The number of piperidine rings is 1. The minimum absolute atomic E-state index is 0.182. The van der Waals surface area contributed by atoms with Gasteiger partial charge in [0.15, 0.2) is 0 Å². The number of alkyl carbamates (subject to hydrolysis) is 1. The van der Waals surface area contributed by atoms with Crippen molar-refractivity contribution in [2.45, 2.75) is 45.2 Å². The lowest BCUT2D eigenvalue weighted by molar-refractivity contribution is -0.138. The van der Waals surface area contributed by atoms with Crippen LogP contribution in [0.2, 0.25) is 0 Å². The second-order valence-electron chi connectivity index (χ2n) is 9.93. The molecule has 2 aromatic rings. The van der Waals surface area contributed by atoms with Crippen molar-refractivity contribution in [2.75, 3.05) is 47.0 Å². The average Bonchev–Trinajstić information content (AvgIpc) is 3.22. The number of ether oxygens (including phenoxy) is 3. The minimum Gasteiger partial charge on any atom is -0.497 e. The normalized spacial score (nSPS) is 18.0. The van der Waals surface area contributed by atoms with Crippen molar-refractivity contribution in [1.29, 1.82) is 0 Å². The summed E-state index contributed by atoms with van der Waals surface area (Å²) < 4.78 is 15.8. The van der Waals surface area contributed by atoms with E-state index in [0.29, 0.717) is 19.1 Å². The molecule has 2 heterocycles. The van der Waals surface area contributed by atoms with Gasteiger partial charge in [0.05, 0.1) is 32.3 Å². The maximum Gasteiger partial charge on any atom is 0.407 e. The zero-order valence-electron chi connectivity index (χ0n) is 22.2. The molecule has 200 valence electrons. The molecule has 1 atom stereocenters. The van der Waals surface area contributed by atoms with E-state index in [1.165, 1.54) is 0 Å². The van der Waals surface area contributed by atoms with E-state index in [1.54, 1.807) is 21.1 Å². The molecule has 4 rings (SSSR count). The van der Waals surface area contributed by atoms with Crippen LogP contribution in [0.4, 0.5) is 4.79 Å². The summed E-state index contributed by atoms with van der Waals surface area (Å²) in [5.41, 5.74) is 1.88. The molecule has 2 aliphatic heterocycles. The molecular weight excluding hydrogens is 470 g/mol. The van der Waals surface area contributed by atoms with Gasteiger partial charge >= 0.3 is 6.09 Å². The second-order valence-corrected chi connectivity index (χ2v) is 9.93. The Labute approximate surface area is 219 Å². The van der Waals surface area contributed by atoms with Gasteiger partial charge in [0.25, 0.3) is 0 Å². The molecule has 0 radical (unpaired) electrons. The van der Waals surface area contributed by atoms with E-state index >= 15 is 0 Å². The first-order valence-electron chi connectivity index (χ1n) is 13.2. The van der Waals surface area contributed by atoms with Crippen LogP contribution < -0.4 is 14.8 Å². The van der Waals surface area contributed by atoms with Gasteiger partial charge in [-0.2, -0.15) is 0 Å². The van der Waals surface area contributed by atoms with E-state index in [-0.39, 0.29) is 11.5 Å². The first-order valence-corrected chi connectivity index (χ1v) is 13.2. The van der Waals surface area contributed by atoms with Crippen LogP contribution in [0.5, 0.6) is 11.5 Å². The Morgan fingerprint density at radius 2 is 1.70 bits per heavy atom. The number of likely N-dealkylation sites (tertiary alicyclic amines) is 2. The Balaban J connectivity index is 1.32. The Hall–Kier alpha value is -3.26. The summed E-state index contributed by atoms with van der Waals surface area (Å²) in [6, 6.07) is 15.5. The summed E-state index contributed by atoms with van der Waals surface area (Å²) in [5, 5.41) is 3.00. The van der Waals surface area contributed by atoms with Crippen molar-refractivity contribution >= 4 is 12.0 Å². The lowest BCUT2D eigenvalue weighted by atomic mass is 9.77. The molecule has 8 nitrogen and oxygen atoms in total. The Morgan fingerprint density at radius 3 is 2.38 bits per heavy atom. The summed E-state index contributed by atoms with van der Waals surface area (Å²) in [4.78, 5) is 30.0. The maximum absolute atomic E-state index is 13.4. The van der Waals surface area contributed by atoms with Crippen molar-refractivity contribution in [3.8, 4) is 11.5 Å². The molecule has 37 heavy (non-hydrogen) atoms. The van der Waals surface area contributed by atoms with E-state index in [4.69, 9.17) is 14.2 Å². The van der Waals surface area contributed by atoms with E-state index in [0.717, 1.165) is 74.5 Å². The highest BCUT2D eigenvalue weighted by molar-refractivity contribution is 5.85. The molecular formula is C29H39N3O5. The predicted molar refractivity (Wildman–Crippen MR) is 142 cm³/mol. The zero-order chi connectivity index (χ0) is 26.3. The molecule has 1 N–H and O–H groups in total. The third-order valence-corrected chi connectivity index (χ3v) is 7.74. The van der Waals surface area contributed by atoms with E-state index in [9.17, 15) is 9.59 Å². The minimum atomic E-state index is -0.415. The summed E-state index contributed by atoms with van der Waals surface area (Å²) in [7, 11) is 3.30. The molecule has 0 aliphatic carbocycles. The van der Waals surface area contributed by atoms with Crippen LogP contribution in [-0.4, -0.2) is 68.8 Å². The van der Waals surface area contributed by atoms with Gasteiger partial charge in [-0.1, -0.05) is 24.3 Å². The fraction of sp³-hybridized carbons (Fsp3) is 0.517. The number of carbonyl (C=O) groups excluding carboxylic acids is 2. The Morgan fingerprint density at radius 1 is 1.00 bits per heavy atom. The number of carbonyl (C=O) groups is 2. The summed E-state index contributed by atoms with van der Waals surface area (Å²) in [5.74, 6) is 1.87. The van der Waals surface area contributed by atoms with Crippen LogP contribution in [-0.2, 0) is 16.1 Å². The second kappa shape index (κ2) is 12.3. The predicted octanol–water partition coefficient (Wildman–Crippen LogP) is 4.40. The van der Waals surface area contributed by atoms with E-state index in [1.807, 2.05) is 53.4 Å². The molecule has 2 aliphatic rings. The van der Waals surface area contributed by atoms with Crippen molar-refractivity contribution in [3.05, 3.63) is 59.7 Å². The third kappa shape index (κ3) is 6.55. The number of benzene rings is 2. The number of amides is 2. The highest BCUT2D eigenvalue weighted by Crippen LogP contribution is 2.42. The smallest absolute Gasteiger partial charge is 0.407 e. The number of rotatable bonds is 10. The maximum atomic E-state index is 13.4. The van der Waals surface area contributed by atoms with Gasteiger partial charge in [-0.15, -0.1) is 0 Å². The highest BCUT2D eigenvalue weighted by atomic mass is 16.5. The standard InChI is InChI=1S/C29H39N3O5/c1-4-37-28(34)30-26(23-6-5-7-25(20-23)36-3)12-16-31-17-13-29(14-18-31)15-19-32(27(29)33)21-22-8-10-24(35-2)11-9-22/h5-11,20,26H,4,12-19,21H2,1-3H3,(H,30,34). The molecule has 0 aromatic heterocycles. The van der Waals surface area contributed by atoms with Gasteiger partial charge in [-0.3, -0.25) is 4.79 Å². The first-order chi connectivity index (χ1) is 18.0. The third-order valence-electron chi connectivity index (χ3n) is 7.74. The van der Waals surface area contributed by atoms with Gasteiger partial charge in [0.1, 0.15) is 11.5 Å². The first kappa shape index (κ1) is 26.8. The summed E-state index contributed by atoms with van der Waals surface area (Å²) in [6.45, 7) is 6.18. The van der Waals surface area contributed by atoms with Crippen LogP contribution in [0.15, 0.2) is 48.5 Å². The van der Waals surface area contributed by atoms with Crippen LogP contribution in [0.3, 0.4) is 0 Å². The van der Waals surface area contributed by atoms with Crippen LogP contribution in [0, 0.1) is 5.41 Å². The Kier molecular flexibility index (Phi) is 8.92. The quantitative estimate of drug-likeness (QED) is 0.512. The van der Waals surface area contributed by atoms with Gasteiger partial charge in [-0.05, 0) is 81.1 Å². The summed E-state index contributed by atoms with van der Waals surface area (Å²) in [6.07, 6.45) is 3.00. The van der Waals surface area contributed by atoms with Gasteiger partial charge in [-0.25, -0.2) is 4.79 Å². The molecule has 1 unspecified atom stereocenters. The number of nitrogens with zero attached hydrogens (tertiary/aromatic N) is 2. The fourth-order valence-electron chi connectivity index (χ4n) is 5.47. The Bertz CT molecular complexity index is 1050. The van der Waals surface area contributed by atoms with Gasteiger partial charge in [0.2, 0.25) is 5.91 Å². The molecule has 2 amide bonds. The fourth-order valence-corrected chi connectivity index (χ4v) is 5.47. The molecule has 8 heteroatoms. The van der Waals surface area contributed by atoms with Gasteiger partial charge < -0.3 is 29.3 Å². The largest absolute Gasteiger partial charge is 0.497 e. The molecule has 2 aromatic carbocycles. The van der Waals surface area contributed by atoms with E-state index in [2.05, 4.69) is 10.2 Å². The number of methoxy groups -OCH3 is 2.